The van der Waals surface area contributed by atoms with Gasteiger partial charge in [0.1, 0.15) is 18.7 Å². The first-order chi connectivity index (χ1) is 16.2. The fraction of sp³-hybridized carbons (Fsp3) is 0.400. The average Bonchev–Trinajstić information content (AvgIpc) is 3.53. The first kappa shape index (κ1) is 22.3. The molecule has 0 bridgehead atoms. The first-order valence-electron chi connectivity index (χ1n) is 11.3. The number of aliphatic carboxylic acids is 1. The highest BCUT2D eigenvalue weighted by Gasteiger charge is 2.53. The Morgan fingerprint density at radius 1 is 1.06 bits per heavy atom. The van der Waals surface area contributed by atoms with Crippen molar-refractivity contribution in [3.05, 3.63) is 59.7 Å². The van der Waals surface area contributed by atoms with E-state index >= 15 is 0 Å². The summed E-state index contributed by atoms with van der Waals surface area (Å²) in [4.78, 5) is 37.8. The number of carbonyl (C=O) groups is 3. The lowest BCUT2D eigenvalue weighted by Crippen LogP contribution is -2.53. The maximum absolute atomic E-state index is 13.9. The van der Waals surface area contributed by atoms with Crippen LogP contribution in [0.4, 0.5) is 13.6 Å². The Bertz CT molecular complexity index is 1100. The smallest absolute Gasteiger partial charge is 0.407 e. The van der Waals surface area contributed by atoms with Crippen LogP contribution >= 0.6 is 0 Å². The van der Waals surface area contributed by atoms with E-state index in [1.807, 2.05) is 48.5 Å². The summed E-state index contributed by atoms with van der Waals surface area (Å²) >= 11 is 0. The van der Waals surface area contributed by atoms with Gasteiger partial charge in [0, 0.05) is 12.3 Å². The van der Waals surface area contributed by atoms with E-state index in [1.54, 1.807) is 0 Å². The van der Waals surface area contributed by atoms with Crippen LogP contribution in [0.25, 0.3) is 11.1 Å². The molecule has 3 aliphatic rings. The maximum Gasteiger partial charge on any atom is 0.407 e. The number of alkyl halides is 2. The third kappa shape index (κ3) is 4.10. The molecule has 34 heavy (non-hydrogen) atoms. The van der Waals surface area contributed by atoms with Gasteiger partial charge in [-0.3, -0.25) is 4.79 Å². The average molecular weight is 470 g/mol. The van der Waals surface area contributed by atoms with Gasteiger partial charge in [-0.05, 0) is 41.0 Å². The first-order valence-corrected chi connectivity index (χ1v) is 11.3. The van der Waals surface area contributed by atoms with Crippen molar-refractivity contribution in [2.24, 2.45) is 5.92 Å². The number of hydrogen-bond donors (Lipinski definition) is 2. The van der Waals surface area contributed by atoms with Crippen molar-refractivity contribution >= 4 is 18.0 Å². The zero-order valence-corrected chi connectivity index (χ0v) is 18.2. The molecule has 2 N–H and O–H groups in total. The third-order valence-corrected chi connectivity index (χ3v) is 6.81. The molecule has 2 aromatic carbocycles. The molecule has 2 atom stereocenters. The van der Waals surface area contributed by atoms with E-state index in [0.29, 0.717) is 17.7 Å². The molecule has 1 aliphatic heterocycles. The van der Waals surface area contributed by atoms with Crippen LogP contribution in [-0.2, 0) is 14.3 Å². The molecule has 2 aliphatic carbocycles. The summed E-state index contributed by atoms with van der Waals surface area (Å²) in [7, 11) is 0. The SMILES string of the molecule is O=C(NC(C(=O)N1CC(F)(F)C[C@@H]1C(=O)O)C1CC1)OCC1c2ccccc2-c2ccccc21. The van der Waals surface area contributed by atoms with Gasteiger partial charge in [0.2, 0.25) is 5.91 Å². The number of amides is 2. The largest absolute Gasteiger partial charge is 0.480 e. The number of fused-ring (bicyclic) bond motifs is 3. The van der Waals surface area contributed by atoms with E-state index in [2.05, 4.69) is 5.32 Å². The van der Waals surface area contributed by atoms with E-state index in [9.17, 15) is 28.3 Å². The Kier molecular flexibility index (Phi) is 5.50. The van der Waals surface area contributed by atoms with Crippen molar-refractivity contribution in [2.75, 3.05) is 13.2 Å². The topological polar surface area (TPSA) is 95.9 Å². The van der Waals surface area contributed by atoms with Gasteiger partial charge in [-0.25, -0.2) is 18.4 Å². The summed E-state index contributed by atoms with van der Waals surface area (Å²) in [5, 5.41) is 11.8. The van der Waals surface area contributed by atoms with Gasteiger partial charge in [-0.15, -0.1) is 0 Å². The van der Waals surface area contributed by atoms with Gasteiger partial charge in [-0.2, -0.15) is 0 Å². The molecule has 1 saturated heterocycles. The van der Waals surface area contributed by atoms with Gasteiger partial charge < -0.3 is 20.1 Å². The maximum atomic E-state index is 13.9. The predicted octanol–water partition coefficient (Wildman–Crippen LogP) is 3.62. The number of halogens is 2. The van der Waals surface area contributed by atoms with Gasteiger partial charge in [0.05, 0.1) is 6.54 Å². The zero-order valence-electron chi connectivity index (χ0n) is 18.2. The van der Waals surface area contributed by atoms with Gasteiger partial charge >= 0.3 is 12.1 Å². The van der Waals surface area contributed by atoms with Crippen LogP contribution in [0.1, 0.15) is 36.3 Å². The van der Waals surface area contributed by atoms with E-state index in [4.69, 9.17) is 4.74 Å². The lowest BCUT2D eigenvalue weighted by molar-refractivity contribution is -0.149. The van der Waals surface area contributed by atoms with E-state index in [1.165, 1.54) is 0 Å². The zero-order chi connectivity index (χ0) is 24.0. The Balaban J connectivity index is 1.27. The number of hydrogen-bond acceptors (Lipinski definition) is 4. The second-order valence-electron chi connectivity index (χ2n) is 9.17. The van der Waals surface area contributed by atoms with Gasteiger partial charge in [0.25, 0.3) is 5.92 Å². The van der Waals surface area contributed by atoms with Crippen molar-refractivity contribution in [1.29, 1.82) is 0 Å². The van der Waals surface area contributed by atoms with Crippen LogP contribution in [0, 0.1) is 5.92 Å². The molecule has 2 amide bonds. The second kappa shape index (κ2) is 8.38. The molecular formula is C25H24F2N2O5. The van der Waals surface area contributed by atoms with Crippen LogP contribution in [0.5, 0.6) is 0 Å². The van der Waals surface area contributed by atoms with E-state index < -0.39 is 48.9 Å². The predicted molar refractivity (Wildman–Crippen MR) is 117 cm³/mol. The molecular weight excluding hydrogens is 446 g/mol. The van der Waals surface area contributed by atoms with Crippen LogP contribution in [0.15, 0.2) is 48.5 Å². The van der Waals surface area contributed by atoms with Crippen molar-refractivity contribution in [1.82, 2.24) is 10.2 Å². The number of rotatable bonds is 6. The number of carboxylic acids is 1. The number of carbonyl (C=O) groups excluding carboxylic acids is 2. The molecule has 0 aromatic heterocycles. The standard InChI is InChI=1S/C25H24F2N2O5/c26-25(27)11-20(23(31)32)29(13-25)22(30)21(14-9-10-14)28-24(33)34-12-19-17-7-3-1-5-15(17)16-6-2-4-8-18(16)19/h1-8,14,19-21H,9-13H2,(H,28,33)(H,31,32)/t20-,21?/m1/s1. The Morgan fingerprint density at radius 3 is 2.21 bits per heavy atom. The Morgan fingerprint density at radius 2 is 1.65 bits per heavy atom. The van der Waals surface area contributed by atoms with Crippen molar-refractivity contribution in [2.45, 2.75) is 43.2 Å². The molecule has 2 aromatic rings. The summed E-state index contributed by atoms with van der Waals surface area (Å²) < 4.78 is 33.2. The molecule has 0 spiro atoms. The Labute approximate surface area is 194 Å². The van der Waals surface area contributed by atoms with Crippen molar-refractivity contribution < 1.29 is 33.0 Å². The third-order valence-electron chi connectivity index (χ3n) is 6.81. The summed E-state index contributed by atoms with van der Waals surface area (Å²) in [6.07, 6.45) is -0.481. The normalized spacial score (nSPS) is 21.5. The highest BCUT2D eigenvalue weighted by molar-refractivity contribution is 5.90. The van der Waals surface area contributed by atoms with Gasteiger partial charge in [-0.1, -0.05) is 48.5 Å². The minimum atomic E-state index is -3.28. The molecule has 9 heteroatoms. The highest BCUT2D eigenvalue weighted by atomic mass is 19.3. The number of carboxylic acid groups (broad SMARTS) is 1. The number of benzene rings is 2. The summed E-state index contributed by atoms with van der Waals surface area (Å²) in [6.45, 7) is -0.927. The number of alkyl carbamates (subject to hydrolysis) is 1. The quantitative estimate of drug-likeness (QED) is 0.672. The van der Waals surface area contributed by atoms with Crippen LogP contribution < -0.4 is 5.32 Å². The Hall–Kier alpha value is -3.49. The summed E-state index contributed by atoms with van der Waals surface area (Å²) in [5.74, 6) is -5.96. The lowest BCUT2D eigenvalue weighted by atomic mass is 9.98. The number of nitrogens with one attached hydrogen (secondary N) is 1. The summed E-state index contributed by atoms with van der Waals surface area (Å²) in [6, 6.07) is 13.0. The molecule has 1 heterocycles. The van der Waals surface area contributed by atoms with Crippen molar-refractivity contribution in [3.8, 4) is 11.1 Å². The second-order valence-corrected chi connectivity index (χ2v) is 9.17. The molecule has 2 fully saturated rings. The summed E-state index contributed by atoms with van der Waals surface area (Å²) in [5.41, 5.74) is 4.23. The molecule has 1 unspecified atom stereocenters. The number of nitrogens with zero attached hydrogens (tertiary/aromatic N) is 1. The molecule has 7 nitrogen and oxygen atoms in total. The molecule has 1 saturated carbocycles. The molecule has 0 radical (unpaired) electrons. The van der Waals surface area contributed by atoms with E-state index in [-0.39, 0.29) is 18.4 Å². The van der Waals surface area contributed by atoms with Crippen molar-refractivity contribution in [3.63, 3.8) is 0 Å². The minimum absolute atomic E-state index is 0.0466. The van der Waals surface area contributed by atoms with Gasteiger partial charge in [0.15, 0.2) is 0 Å². The fourth-order valence-corrected chi connectivity index (χ4v) is 5.03. The molecule has 178 valence electrons. The molecule has 5 rings (SSSR count). The van der Waals surface area contributed by atoms with Crippen LogP contribution in [0.3, 0.4) is 0 Å². The fourth-order valence-electron chi connectivity index (χ4n) is 5.03. The highest BCUT2D eigenvalue weighted by Crippen LogP contribution is 2.44. The van der Waals surface area contributed by atoms with E-state index in [0.717, 1.165) is 22.3 Å². The monoisotopic (exact) mass is 470 g/mol. The minimum Gasteiger partial charge on any atom is -0.480 e. The van der Waals surface area contributed by atoms with Crippen LogP contribution in [0.2, 0.25) is 0 Å². The van der Waals surface area contributed by atoms with Crippen LogP contribution in [-0.4, -0.2) is 59.1 Å². The number of likely N-dealkylation sites (tertiary alicyclic amines) is 1. The lowest BCUT2D eigenvalue weighted by Gasteiger charge is -2.27. The number of ether oxygens (including phenoxy) is 1.